The molecule has 5 nitrogen and oxygen atoms in total. The molecule has 2 aliphatic rings. The maximum absolute atomic E-state index is 11.2. The van der Waals surface area contributed by atoms with Crippen LogP contribution in [0.4, 0.5) is 0 Å². The van der Waals surface area contributed by atoms with Gasteiger partial charge in [0, 0.05) is 36.9 Å². The SMILES string of the molecule is NC(=O)c1ccc(CN2CC[C@H](n3cnc4c3CCCC4)C2)cc1. The number of fused-ring (bicyclic) bond motifs is 1. The van der Waals surface area contributed by atoms with Crippen molar-refractivity contribution in [2.24, 2.45) is 5.73 Å². The van der Waals surface area contributed by atoms with E-state index in [2.05, 4.69) is 20.8 Å². The highest BCUT2D eigenvalue weighted by Crippen LogP contribution is 2.28. The van der Waals surface area contributed by atoms with Crippen LogP contribution in [0.2, 0.25) is 0 Å². The Labute approximate surface area is 142 Å². The van der Waals surface area contributed by atoms with Gasteiger partial charge in [-0.15, -0.1) is 0 Å². The number of nitrogens with zero attached hydrogens (tertiary/aromatic N) is 3. The third-order valence-electron chi connectivity index (χ3n) is 5.35. The van der Waals surface area contributed by atoms with Crippen LogP contribution in [-0.2, 0) is 19.4 Å². The third-order valence-corrected chi connectivity index (χ3v) is 5.35. The van der Waals surface area contributed by atoms with Crippen molar-refractivity contribution in [2.45, 2.75) is 44.7 Å². The predicted molar refractivity (Wildman–Crippen MR) is 92.8 cm³/mol. The molecule has 1 aliphatic carbocycles. The van der Waals surface area contributed by atoms with Crippen LogP contribution in [0.5, 0.6) is 0 Å². The van der Waals surface area contributed by atoms with Gasteiger partial charge in [0.25, 0.3) is 0 Å². The number of carbonyl (C=O) groups excluding carboxylic acids is 1. The molecule has 1 atom stereocenters. The van der Waals surface area contributed by atoms with Gasteiger partial charge < -0.3 is 10.3 Å². The summed E-state index contributed by atoms with van der Waals surface area (Å²) in [5.41, 5.74) is 9.89. The Morgan fingerprint density at radius 3 is 2.79 bits per heavy atom. The summed E-state index contributed by atoms with van der Waals surface area (Å²) < 4.78 is 2.44. The summed E-state index contributed by atoms with van der Waals surface area (Å²) in [6.45, 7) is 3.10. The molecular weight excluding hydrogens is 300 g/mol. The molecule has 1 aliphatic heterocycles. The summed E-state index contributed by atoms with van der Waals surface area (Å²) in [6, 6.07) is 8.19. The molecule has 0 radical (unpaired) electrons. The molecule has 1 amide bonds. The van der Waals surface area contributed by atoms with E-state index in [-0.39, 0.29) is 5.91 Å². The van der Waals surface area contributed by atoms with Crippen molar-refractivity contribution in [2.75, 3.05) is 13.1 Å². The van der Waals surface area contributed by atoms with Gasteiger partial charge in [-0.25, -0.2) is 4.98 Å². The molecule has 0 bridgehead atoms. The van der Waals surface area contributed by atoms with E-state index in [1.165, 1.54) is 42.6 Å². The van der Waals surface area contributed by atoms with Gasteiger partial charge in [0.05, 0.1) is 12.0 Å². The zero-order chi connectivity index (χ0) is 16.5. The zero-order valence-corrected chi connectivity index (χ0v) is 13.9. The highest BCUT2D eigenvalue weighted by Gasteiger charge is 2.27. The van der Waals surface area contributed by atoms with Gasteiger partial charge in [0.2, 0.25) is 5.91 Å². The summed E-state index contributed by atoms with van der Waals surface area (Å²) in [7, 11) is 0. The largest absolute Gasteiger partial charge is 0.366 e. The van der Waals surface area contributed by atoms with E-state index in [4.69, 9.17) is 5.73 Å². The molecule has 1 saturated heterocycles. The molecule has 2 aromatic rings. The number of likely N-dealkylation sites (tertiary alicyclic amines) is 1. The molecule has 0 unspecified atom stereocenters. The Bertz CT molecular complexity index is 734. The van der Waals surface area contributed by atoms with E-state index < -0.39 is 0 Å². The van der Waals surface area contributed by atoms with Crippen molar-refractivity contribution in [1.82, 2.24) is 14.5 Å². The van der Waals surface area contributed by atoms with Gasteiger partial charge in [0.15, 0.2) is 0 Å². The minimum absolute atomic E-state index is 0.368. The van der Waals surface area contributed by atoms with Gasteiger partial charge in [-0.1, -0.05) is 12.1 Å². The van der Waals surface area contributed by atoms with Crippen molar-refractivity contribution in [1.29, 1.82) is 0 Å². The molecule has 4 rings (SSSR count). The monoisotopic (exact) mass is 324 g/mol. The fraction of sp³-hybridized carbons (Fsp3) is 0.474. The van der Waals surface area contributed by atoms with Crippen LogP contribution in [0.25, 0.3) is 0 Å². The van der Waals surface area contributed by atoms with Gasteiger partial charge in [-0.2, -0.15) is 0 Å². The number of imidazole rings is 1. The third kappa shape index (κ3) is 2.96. The first-order valence-corrected chi connectivity index (χ1v) is 8.86. The van der Waals surface area contributed by atoms with Crippen molar-refractivity contribution >= 4 is 5.91 Å². The number of hydrogen-bond acceptors (Lipinski definition) is 3. The van der Waals surface area contributed by atoms with E-state index in [0.29, 0.717) is 11.6 Å². The second-order valence-electron chi connectivity index (χ2n) is 6.99. The number of amides is 1. The summed E-state index contributed by atoms with van der Waals surface area (Å²) in [4.78, 5) is 18.3. The Kier molecular flexibility index (Phi) is 4.10. The minimum atomic E-state index is -0.368. The standard InChI is InChI=1S/C19H24N4O/c20-19(24)15-7-5-14(6-8-15)11-22-10-9-16(12-22)23-13-21-17-3-1-2-4-18(17)23/h5-8,13,16H,1-4,9-12H2,(H2,20,24)/t16-/m0/s1. The fourth-order valence-corrected chi connectivity index (χ4v) is 4.02. The highest BCUT2D eigenvalue weighted by molar-refractivity contribution is 5.92. The number of aromatic nitrogens is 2. The Morgan fingerprint density at radius 1 is 1.21 bits per heavy atom. The van der Waals surface area contributed by atoms with Crippen LogP contribution >= 0.6 is 0 Å². The molecule has 24 heavy (non-hydrogen) atoms. The second kappa shape index (κ2) is 6.40. The van der Waals surface area contributed by atoms with Crippen LogP contribution < -0.4 is 5.73 Å². The molecule has 1 aromatic carbocycles. The molecule has 126 valence electrons. The average molecular weight is 324 g/mol. The lowest BCUT2D eigenvalue weighted by molar-refractivity contribution is 0.100. The summed E-state index contributed by atoms with van der Waals surface area (Å²) >= 11 is 0. The highest BCUT2D eigenvalue weighted by atomic mass is 16.1. The van der Waals surface area contributed by atoms with Crippen LogP contribution in [0.15, 0.2) is 30.6 Å². The molecule has 0 saturated carbocycles. The number of aryl methyl sites for hydroxylation is 1. The van der Waals surface area contributed by atoms with Crippen LogP contribution in [0.3, 0.4) is 0 Å². The Hall–Kier alpha value is -2.14. The maximum atomic E-state index is 11.2. The topological polar surface area (TPSA) is 64.2 Å². The lowest BCUT2D eigenvalue weighted by Crippen LogP contribution is -2.22. The fourth-order valence-electron chi connectivity index (χ4n) is 4.02. The molecule has 1 aromatic heterocycles. The average Bonchev–Trinajstić information content (AvgIpc) is 3.22. The molecule has 1 fully saturated rings. The van der Waals surface area contributed by atoms with Crippen molar-refractivity contribution in [3.05, 3.63) is 53.1 Å². The van der Waals surface area contributed by atoms with Crippen molar-refractivity contribution in [3.63, 3.8) is 0 Å². The van der Waals surface area contributed by atoms with Crippen LogP contribution in [0, 0.1) is 0 Å². The van der Waals surface area contributed by atoms with Crippen molar-refractivity contribution < 1.29 is 4.79 Å². The summed E-state index contributed by atoms with van der Waals surface area (Å²) in [5.74, 6) is -0.368. The smallest absolute Gasteiger partial charge is 0.248 e. The van der Waals surface area contributed by atoms with E-state index >= 15 is 0 Å². The van der Waals surface area contributed by atoms with Gasteiger partial charge in [-0.3, -0.25) is 9.69 Å². The number of primary amides is 1. The van der Waals surface area contributed by atoms with E-state index in [0.717, 1.165) is 26.1 Å². The number of benzene rings is 1. The molecule has 0 spiro atoms. The first kappa shape index (κ1) is 15.4. The molecule has 2 N–H and O–H groups in total. The second-order valence-corrected chi connectivity index (χ2v) is 6.99. The van der Waals surface area contributed by atoms with Crippen LogP contribution in [-0.4, -0.2) is 33.4 Å². The predicted octanol–water partition coefficient (Wildman–Crippen LogP) is 2.31. The number of hydrogen-bond donors (Lipinski definition) is 1. The minimum Gasteiger partial charge on any atom is -0.366 e. The quantitative estimate of drug-likeness (QED) is 0.938. The van der Waals surface area contributed by atoms with Gasteiger partial charge in [0.1, 0.15) is 0 Å². The molecule has 2 heterocycles. The van der Waals surface area contributed by atoms with Crippen LogP contribution in [0.1, 0.15) is 52.6 Å². The lowest BCUT2D eigenvalue weighted by atomic mass is 10.0. The normalized spacial score (nSPS) is 20.9. The van der Waals surface area contributed by atoms with Crippen molar-refractivity contribution in [3.8, 4) is 0 Å². The molecule has 5 heteroatoms. The van der Waals surface area contributed by atoms with Gasteiger partial charge in [-0.05, 0) is 49.8 Å². The Morgan fingerprint density at radius 2 is 2.00 bits per heavy atom. The lowest BCUT2D eigenvalue weighted by Gasteiger charge is -2.20. The zero-order valence-electron chi connectivity index (χ0n) is 13.9. The number of carbonyl (C=O) groups is 1. The summed E-state index contributed by atoms with van der Waals surface area (Å²) in [6.07, 6.45) is 8.14. The Balaban J connectivity index is 1.41. The van der Waals surface area contributed by atoms with E-state index in [1.807, 2.05) is 24.3 Å². The number of rotatable bonds is 4. The molecular formula is C19H24N4O. The van der Waals surface area contributed by atoms with E-state index in [9.17, 15) is 4.79 Å². The summed E-state index contributed by atoms with van der Waals surface area (Å²) in [5, 5.41) is 0. The van der Waals surface area contributed by atoms with Gasteiger partial charge >= 0.3 is 0 Å². The first-order valence-electron chi connectivity index (χ1n) is 8.86. The maximum Gasteiger partial charge on any atom is 0.248 e. The first-order chi connectivity index (χ1) is 11.7. The number of nitrogens with two attached hydrogens (primary N) is 1. The van der Waals surface area contributed by atoms with E-state index in [1.54, 1.807) is 0 Å².